The van der Waals surface area contributed by atoms with E-state index in [9.17, 15) is 9.59 Å². The number of ether oxygens (including phenoxy) is 1. The fourth-order valence-corrected chi connectivity index (χ4v) is 4.75. The molecule has 34 heavy (non-hydrogen) atoms. The van der Waals surface area contributed by atoms with Crippen LogP contribution < -0.4 is 5.32 Å². The van der Waals surface area contributed by atoms with E-state index in [0.29, 0.717) is 17.9 Å². The van der Waals surface area contributed by atoms with Crippen molar-refractivity contribution in [2.24, 2.45) is 0 Å². The van der Waals surface area contributed by atoms with E-state index in [1.54, 1.807) is 31.2 Å². The molecule has 1 N–H and O–H groups in total. The molecule has 1 heterocycles. The van der Waals surface area contributed by atoms with Crippen molar-refractivity contribution in [1.29, 1.82) is 0 Å². The predicted octanol–water partition coefficient (Wildman–Crippen LogP) is 6.21. The summed E-state index contributed by atoms with van der Waals surface area (Å²) in [4.78, 5) is 25.5. The van der Waals surface area contributed by atoms with Crippen molar-refractivity contribution < 1.29 is 14.3 Å². The Bertz CT molecular complexity index is 1330. The SMILES string of the molecule is CCOC(=O)c1ccc(NC(=O)CSc2cn(Cc3cc(C)ccc3C)c3ccccc23)cc1. The van der Waals surface area contributed by atoms with Gasteiger partial charge in [0, 0.05) is 34.2 Å². The number of hydrogen-bond acceptors (Lipinski definition) is 4. The van der Waals surface area contributed by atoms with E-state index < -0.39 is 0 Å². The number of benzene rings is 3. The van der Waals surface area contributed by atoms with Crippen LogP contribution in [0.2, 0.25) is 0 Å². The quantitative estimate of drug-likeness (QED) is 0.244. The number of aryl methyl sites for hydroxylation is 2. The standard InChI is InChI=1S/C28H28N2O3S/c1-4-33-28(32)21-11-13-23(14-12-21)29-27(31)18-34-26-17-30(25-8-6-5-7-24(25)26)16-22-15-19(2)9-10-20(22)3/h5-15,17H,4,16,18H2,1-3H3,(H,29,31). The Morgan fingerprint density at radius 3 is 2.53 bits per heavy atom. The van der Waals surface area contributed by atoms with Crippen LogP contribution in [0.15, 0.2) is 77.8 Å². The van der Waals surface area contributed by atoms with Gasteiger partial charge in [0.25, 0.3) is 0 Å². The second-order valence-electron chi connectivity index (χ2n) is 8.20. The Hall–Kier alpha value is -3.51. The van der Waals surface area contributed by atoms with E-state index in [-0.39, 0.29) is 17.6 Å². The maximum atomic E-state index is 12.6. The normalized spacial score (nSPS) is 10.9. The maximum Gasteiger partial charge on any atom is 0.338 e. The second-order valence-corrected chi connectivity index (χ2v) is 9.22. The lowest BCUT2D eigenvalue weighted by atomic mass is 10.1. The molecule has 4 aromatic rings. The van der Waals surface area contributed by atoms with Crippen molar-refractivity contribution in [1.82, 2.24) is 4.57 Å². The lowest BCUT2D eigenvalue weighted by Gasteiger charge is -2.09. The fourth-order valence-electron chi connectivity index (χ4n) is 3.86. The van der Waals surface area contributed by atoms with Crippen LogP contribution >= 0.6 is 11.8 Å². The van der Waals surface area contributed by atoms with Crippen molar-refractivity contribution in [2.75, 3.05) is 17.7 Å². The molecule has 0 saturated heterocycles. The minimum absolute atomic E-state index is 0.0970. The van der Waals surface area contributed by atoms with Gasteiger partial charge in [-0.05, 0) is 62.2 Å². The van der Waals surface area contributed by atoms with Crippen molar-refractivity contribution in [3.63, 3.8) is 0 Å². The number of anilines is 1. The van der Waals surface area contributed by atoms with Crippen LogP contribution in [0.3, 0.4) is 0 Å². The number of para-hydroxylation sites is 1. The zero-order valence-corrected chi connectivity index (χ0v) is 20.4. The third-order valence-electron chi connectivity index (χ3n) is 5.64. The van der Waals surface area contributed by atoms with Gasteiger partial charge in [0.15, 0.2) is 0 Å². The summed E-state index contributed by atoms with van der Waals surface area (Å²) < 4.78 is 7.25. The molecular formula is C28H28N2O3S. The van der Waals surface area contributed by atoms with Gasteiger partial charge in [0.1, 0.15) is 0 Å². The zero-order chi connectivity index (χ0) is 24.1. The molecule has 3 aromatic carbocycles. The molecular weight excluding hydrogens is 444 g/mol. The lowest BCUT2D eigenvalue weighted by molar-refractivity contribution is -0.113. The van der Waals surface area contributed by atoms with E-state index in [1.807, 2.05) is 12.1 Å². The highest BCUT2D eigenvalue weighted by atomic mass is 32.2. The summed E-state index contributed by atoms with van der Waals surface area (Å²) in [5, 5.41) is 4.04. The van der Waals surface area contributed by atoms with E-state index >= 15 is 0 Å². The highest BCUT2D eigenvalue weighted by molar-refractivity contribution is 8.00. The van der Waals surface area contributed by atoms with E-state index in [1.165, 1.54) is 28.5 Å². The first-order valence-electron chi connectivity index (χ1n) is 11.3. The van der Waals surface area contributed by atoms with Crippen molar-refractivity contribution >= 4 is 40.2 Å². The van der Waals surface area contributed by atoms with Gasteiger partial charge in [-0.1, -0.05) is 42.0 Å². The van der Waals surface area contributed by atoms with Gasteiger partial charge in [0.2, 0.25) is 5.91 Å². The number of thioether (sulfide) groups is 1. The van der Waals surface area contributed by atoms with Gasteiger partial charge in [-0.3, -0.25) is 4.79 Å². The number of rotatable bonds is 8. The first kappa shape index (κ1) is 23.6. The van der Waals surface area contributed by atoms with Crippen LogP contribution in [-0.4, -0.2) is 28.8 Å². The highest BCUT2D eigenvalue weighted by Gasteiger charge is 2.13. The third kappa shape index (κ3) is 5.51. The zero-order valence-electron chi connectivity index (χ0n) is 19.6. The number of esters is 1. The van der Waals surface area contributed by atoms with Gasteiger partial charge in [-0.2, -0.15) is 0 Å². The number of nitrogens with zero attached hydrogens (tertiary/aromatic N) is 1. The number of hydrogen-bond donors (Lipinski definition) is 1. The summed E-state index contributed by atoms with van der Waals surface area (Å²) in [6.07, 6.45) is 2.14. The molecule has 0 aliphatic rings. The van der Waals surface area contributed by atoms with Crippen molar-refractivity contribution in [2.45, 2.75) is 32.2 Å². The molecule has 4 rings (SSSR count). The summed E-state index contributed by atoms with van der Waals surface area (Å²) in [6, 6.07) is 21.6. The van der Waals surface area contributed by atoms with Gasteiger partial charge in [-0.25, -0.2) is 4.79 Å². The Morgan fingerprint density at radius 2 is 1.76 bits per heavy atom. The minimum Gasteiger partial charge on any atom is -0.462 e. The van der Waals surface area contributed by atoms with Crippen LogP contribution in [0.4, 0.5) is 5.69 Å². The summed E-state index contributed by atoms with van der Waals surface area (Å²) in [5.74, 6) is -0.176. The molecule has 0 atom stereocenters. The Labute approximate surface area is 204 Å². The largest absolute Gasteiger partial charge is 0.462 e. The van der Waals surface area contributed by atoms with Crippen LogP contribution in [0.1, 0.15) is 34.0 Å². The molecule has 1 amide bonds. The Morgan fingerprint density at radius 1 is 1.00 bits per heavy atom. The number of carbonyl (C=O) groups excluding carboxylic acids is 2. The number of carbonyl (C=O) groups is 2. The molecule has 174 valence electrons. The molecule has 5 nitrogen and oxygen atoms in total. The first-order chi connectivity index (χ1) is 16.4. The number of amides is 1. The summed E-state index contributed by atoms with van der Waals surface area (Å²) in [5.41, 5.74) is 6.08. The average Bonchev–Trinajstić information content (AvgIpc) is 3.18. The molecule has 0 fully saturated rings. The first-order valence-corrected chi connectivity index (χ1v) is 12.3. The van der Waals surface area contributed by atoms with Gasteiger partial charge < -0.3 is 14.6 Å². The van der Waals surface area contributed by atoms with Gasteiger partial charge in [0.05, 0.1) is 17.9 Å². The summed E-state index contributed by atoms with van der Waals surface area (Å²) in [6.45, 7) is 7.13. The predicted molar refractivity (Wildman–Crippen MR) is 139 cm³/mol. The van der Waals surface area contributed by atoms with Crippen LogP contribution in [-0.2, 0) is 16.1 Å². The molecule has 6 heteroatoms. The van der Waals surface area contributed by atoms with E-state index in [0.717, 1.165) is 22.3 Å². The number of fused-ring (bicyclic) bond motifs is 1. The molecule has 0 radical (unpaired) electrons. The second kappa shape index (κ2) is 10.6. The number of nitrogens with one attached hydrogen (secondary N) is 1. The monoisotopic (exact) mass is 472 g/mol. The molecule has 0 aliphatic carbocycles. The molecule has 0 unspecified atom stereocenters. The van der Waals surface area contributed by atoms with Crippen molar-refractivity contribution in [3.05, 3.63) is 95.2 Å². The van der Waals surface area contributed by atoms with Gasteiger partial charge in [-0.15, -0.1) is 11.8 Å². The van der Waals surface area contributed by atoms with Crippen LogP contribution in [0.5, 0.6) is 0 Å². The Kier molecular flexibility index (Phi) is 7.38. The molecule has 0 saturated carbocycles. The number of aromatic nitrogens is 1. The van der Waals surface area contributed by atoms with E-state index in [4.69, 9.17) is 4.74 Å². The summed E-state index contributed by atoms with van der Waals surface area (Å²) in [7, 11) is 0. The smallest absolute Gasteiger partial charge is 0.338 e. The molecule has 0 aliphatic heterocycles. The average molecular weight is 473 g/mol. The van der Waals surface area contributed by atoms with Crippen LogP contribution in [0.25, 0.3) is 10.9 Å². The van der Waals surface area contributed by atoms with Crippen molar-refractivity contribution in [3.8, 4) is 0 Å². The van der Waals surface area contributed by atoms with Gasteiger partial charge >= 0.3 is 5.97 Å². The highest BCUT2D eigenvalue weighted by Crippen LogP contribution is 2.31. The third-order valence-corrected chi connectivity index (χ3v) is 6.68. The molecule has 1 aromatic heterocycles. The molecule has 0 spiro atoms. The minimum atomic E-state index is -0.367. The van der Waals surface area contributed by atoms with E-state index in [2.05, 4.69) is 60.3 Å². The van der Waals surface area contributed by atoms with Crippen LogP contribution in [0, 0.1) is 13.8 Å². The summed E-state index contributed by atoms with van der Waals surface area (Å²) >= 11 is 1.52. The lowest BCUT2D eigenvalue weighted by Crippen LogP contribution is -2.14. The Balaban J connectivity index is 1.45. The topological polar surface area (TPSA) is 60.3 Å². The maximum absolute atomic E-state index is 12.6. The molecule has 0 bridgehead atoms. The fraction of sp³-hybridized carbons (Fsp3) is 0.214.